The van der Waals surface area contributed by atoms with E-state index in [1.165, 1.54) is 12.1 Å². The minimum Gasteiger partial charge on any atom is -0.486 e. The van der Waals surface area contributed by atoms with E-state index >= 15 is 0 Å². The van der Waals surface area contributed by atoms with Crippen LogP contribution in [0.1, 0.15) is 23.6 Å². The molecule has 4 rings (SSSR count). The number of benzene rings is 3. The first-order chi connectivity index (χ1) is 16.7. The molecular weight excluding hydrogens is 466 g/mol. The Bertz CT molecular complexity index is 1350. The largest absolute Gasteiger partial charge is 0.486 e. The van der Waals surface area contributed by atoms with Gasteiger partial charge >= 0.3 is 0 Å². The Balaban J connectivity index is 1.55. The van der Waals surface area contributed by atoms with Crippen LogP contribution in [0.5, 0.6) is 11.5 Å². The van der Waals surface area contributed by atoms with E-state index in [-0.39, 0.29) is 4.90 Å². The van der Waals surface area contributed by atoms with Crippen molar-refractivity contribution < 1.29 is 22.7 Å². The fourth-order valence-corrected chi connectivity index (χ4v) is 4.93. The van der Waals surface area contributed by atoms with Gasteiger partial charge in [0.05, 0.1) is 16.3 Å². The molecule has 0 saturated carbocycles. The fourth-order valence-electron chi connectivity index (χ4n) is 3.51. The van der Waals surface area contributed by atoms with Gasteiger partial charge in [-0.25, -0.2) is 13.8 Å². The highest BCUT2D eigenvalue weighted by Gasteiger charge is 2.27. The molecule has 1 heterocycles. The van der Waals surface area contributed by atoms with Gasteiger partial charge in [-0.3, -0.25) is 9.10 Å². The quantitative estimate of drug-likeness (QED) is 0.399. The number of carbonyl (C=O) groups is 1. The summed E-state index contributed by atoms with van der Waals surface area (Å²) in [6, 6.07) is 18.9. The molecule has 0 radical (unpaired) electrons. The third-order valence-corrected chi connectivity index (χ3v) is 7.31. The van der Waals surface area contributed by atoms with Crippen molar-refractivity contribution in [2.75, 3.05) is 24.1 Å². The SMILES string of the molecule is C/C(=N/NC(=O)CN(c1ccc(C)cc1)S(=O)(=O)c1ccc(C)cc1)c1ccc2c(c1)OCCO2. The van der Waals surface area contributed by atoms with Crippen molar-refractivity contribution in [3.63, 3.8) is 0 Å². The van der Waals surface area contributed by atoms with Crippen LogP contribution in [0.4, 0.5) is 5.69 Å². The summed E-state index contributed by atoms with van der Waals surface area (Å²) in [6.45, 7) is 6.06. The number of carbonyl (C=O) groups excluding carboxylic acids is 1. The lowest BCUT2D eigenvalue weighted by molar-refractivity contribution is -0.119. The molecule has 3 aromatic rings. The van der Waals surface area contributed by atoms with Gasteiger partial charge in [0, 0.05) is 5.56 Å². The number of nitrogens with zero attached hydrogens (tertiary/aromatic N) is 2. The molecule has 1 aliphatic heterocycles. The van der Waals surface area contributed by atoms with Crippen LogP contribution in [0, 0.1) is 13.8 Å². The van der Waals surface area contributed by atoms with E-state index in [2.05, 4.69) is 10.5 Å². The van der Waals surface area contributed by atoms with Gasteiger partial charge in [-0.05, 0) is 63.2 Å². The van der Waals surface area contributed by atoms with Crippen molar-refractivity contribution >= 4 is 27.3 Å². The van der Waals surface area contributed by atoms with Crippen LogP contribution in [0.2, 0.25) is 0 Å². The third kappa shape index (κ3) is 5.63. The summed E-state index contributed by atoms with van der Waals surface area (Å²) in [7, 11) is -3.99. The van der Waals surface area contributed by atoms with Gasteiger partial charge in [0.25, 0.3) is 15.9 Å². The van der Waals surface area contributed by atoms with Crippen molar-refractivity contribution in [3.8, 4) is 11.5 Å². The topological polar surface area (TPSA) is 97.3 Å². The predicted octanol–water partition coefficient (Wildman–Crippen LogP) is 3.81. The Morgan fingerprint density at radius 1 is 0.914 bits per heavy atom. The molecule has 1 amide bonds. The highest BCUT2D eigenvalue weighted by molar-refractivity contribution is 7.92. The average Bonchev–Trinajstić information content (AvgIpc) is 2.86. The van der Waals surface area contributed by atoms with Crippen LogP contribution in [-0.2, 0) is 14.8 Å². The molecule has 0 saturated heterocycles. The van der Waals surface area contributed by atoms with E-state index in [0.29, 0.717) is 36.1 Å². The lowest BCUT2D eigenvalue weighted by atomic mass is 10.1. The number of sulfonamides is 1. The number of fused-ring (bicyclic) bond motifs is 1. The highest BCUT2D eigenvalue weighted by atomic mass is 32.2. The van der Waals surface area contributed by atoms with E-state index in [9.17, 15) is 13.2 Å². The fraction of sp³-hybridized carbons (Fsp3) is 0.231. The average molecular weight is 494 g/mol. The predicted molar refractivity (Wildman–Crippen MR) is 135 cm³/mol. The van der Waals surface area contributed by atoms with Gasteiger partial charge in [-0.1, -0.05) is 35.4 Å². The van der Waals surface area contributed by atoms with Crippen molar-refractivity contribution in [2.45, 2.75) is 25.7 Å². The number of ether oxygens (including phenoxy) is 2. The summed E-state index contributed by atoms with van der Waals surface area (Å²) in [4.78, 5) is 12.9. The number of rotatable bonds is 7. The maximum atomic E-state index is 13.4. The van der Waals surface area contributed by atoms with Crippen molar-refractivity contribution in [3.05, 3.63) is 83.4 Å². The number of aryl methyl sites for hydroxylation is 2. The van der Waals surface area contributed by atoms with Crippen LogP contribution >= 0.6 is 0 Å². The van der Waals surface area contributed by atoms with Crippen molar-refractivity contribution in [1.29, 1.82) is 0 Å². The molecule has 0 spiro atoms. The Labute approximate surface area is 205 Å². The number of hydrogen-bond donors (Lipinski definition) is 1. The van der Waals surface area contributed by atoms with Crippen LogP contribution in [0.25, 0.3) is 0 Å². The number of nitrogens with one attached hydrogen (secondary N) is 1. The van der Waals surface area contributed by atoms with E-state index in [1.54, 1.807) is 55.5 Å². The summed E-state index contributed by atoms with van der Waals surface area (Å²) < 4.78 is 39.1. The Morgan fingerprint density at radius 2 is 1.51 bits per heavy atom. The van der Waals surface area contributed by atoms with Crippen molar-refractivity contribution in [2.24, 2.45) is 5.10 Å². The smallest absolute Gasteiger partial charge is 0.264 e. The highest BCUT2D eigenvalue weighted by Crippen LogP contribution is 2.31. The molecule has 1 N–H and O–H groups in total. The molecule has 0 bridgehead atoms. The molecule has 35 heavy (non-hydrogen) atoms. The van der Waals surface area contributed by atoms with Gasteiger partial charge in [0.1, 0.15) is 19.8 Å². The summed E-state index contributed by atoms with van der Waals surface area (Å²) >= 11 is 0. The molecule has 9 heteroatoms. The normalized spacial score (nSPS) is 13.3. The zero-order valence-electron chi connectivity index (χ0n) is 19.8. The molecule has 0 atom stereocenters. The number of hydrogen-bond acceptors (Lipinski definition) is 6. The molecule has 0 unspecified atom stereocenters. The molecule has 1 aliphatic rings. The lowest BCUT2D eigenvalue weighted by Crippen LogP contribution is -2.39. The maximum Gasteiger partial charge on any atom is 0.264 e. The number of anilines is 1. The molecule has 8 nitrogen and oxygen atoms in total. The van der Waals surface area contributed by atoms with Gasteiger partial charge < -0.3 is 9.47 Å². The van der Waals surface area contributed by atoms with E-state index in [4.69, 9.17) is 9.47 Å². The first kappa shape index (κ1) is 24.3. The second-order valence-electron chi connectivity index (χ2n) is 8.25. The van der Waals surface area contributed by atoms with E-state index < -0.39 is 22.5 Å². The summed E-state index contributed by atoms with van der Waals surface area (Å²) in [5.41, 5.74) is 6.07. The number of hydrazone groups is 1. The first-order valence-corrected chi connectivity index (χ1v) is 12.6. The molecule has 182 valence electrons. The summed E-state index contributed by atoms with van der Waals surface area (Å²) in [6.07, 6.45) is 0. The van der Waals surface area contributed by atoms with Gasteiger partial charge in [0.2, 0.25) is 0 Å². The Kier molecular flexibility index (Phi) is 7.07. The van der Waals surface area contributed by atoms with Crippen LogP contribution in [-0.4, -0.2) is 39.8 Å². The standard InChI is InChI=1S/C26H27N3O5S/c1-18-4-9-22(10-5-18)29(35(31,32)23-11-6-19(2)7-12-23)17-26(30)28-27-20(3)21-8-13-24-25(16-21)34-15-14-33-24/h4-13,16H,14-15,17H2,1-3H3,(H,28,30)/b27-20-. The Morgan fingerprint density at radius 3 is 2.17 bits per heavy atom. The van der Waals surface area contributed by atoms with E-state index in [1.807, 2.05) is 19.9 Å². The van der Waals surface area contributed by atoms with Crippen LogP contribution < -0.4 is 19.2 Å². The number of amides is 1. The minimum absolute atomic E-state index is 0.104. The Hall–Kier alpha value is -3.85. The van der Waals surface area contributed by atoms with Crippen LogP contribution in [0.3, 0.4) is 0 Å². The molecule has 3 aromatic carbocycles. The van der Waals surface area contributed by atoms with E-state index in [0.717, 1.165) is 21.0 Å². The lowest BCUT2D eigenvalue weighted by Gasteiger charge is -2.24. The third-order valence-electron chi connectivity index (χ3n) is 5.53. The minimum atomic E-state index is -3.99. The zero-order chi connectivity index (χ0) is 25.0. The second-order valence-corrected chi connectivity index (χ2v) is 10.1. The van der Waals surface area contributed by atoms with Crippen molar-refractivity contribution in [1.82, 2.24) is 5.43 Å². The molecule has 0 fully saturated rings. The summed E-state index contributed by atoms with van der Waals surface area (Å²) in [5, 5.41) is 4.17. The maximum absolute atomic E-state index is 13.4. The summed E-state index contributed by atoms with van der Waals surface area (Å²) in [5.74, 6) is 0.703. The van der Waals surface area contributed by atoms with Crippen LogP contribution in [0.15, 0.2) is 76.7 Å². The van der Waals surface area contributed by atoms with Gasteiger partial charge in [0.15, 0.2) is 11.5 Å². The first-order valence-electron chi connectivity index (χ1n) is 11.1. The van der Waals surface area contributed by atoms with Gasteiger partial charge in [-0.15, -0.1) is 0 Å². The monoisotopic (exact) mass is 493 g/mol. The molecule has 0 aromatic heterocycles. The molecule has 0 aliphatic carbocycles. The molecular formula is C26H27N3O5S. The second kappa shape index (κ2) is 10.2. The zero-order valence-corrected chi connectivity index (χ0v) is 20.6. The van der Waals surface area contributed by atoms with Gasteiger partial charge in [-0.2, -0.15) is 5.10 Å².